The molecule has 0 saturated heterocycles. The lowest BCUT2D eigenvalue weighted by atomic mass is 9.86. The second kappa shape index (κ2) is 3.33. The maximum atomic E-state index is 11.2. The molecule has 0 amide bonds. The molecule has 0 fully saturated rings. The molecule has 0 atom stereocenters. The largest absolute Gasteiger partial charge is 0.872 e. The van der Waals surface area contributed by atoms with Crippen molar-refractivity contribution >= 4 is 5.97 Å². The number of hydrogen-bond donors (Lipinski definition) is 1. The van der Waals surface area contributed by atoms with Crippen molar-refractivity contribution in [1.29, 1.82) is 0 Å². The summed E-state index contributed by atoms with van der Waals surface area (Å²) < 4.78 is 0. The van der Waals surface area contributed by atoms with E-state index < -0.39 is 11.7 Å². The molecule has 0 unspecified atom stereocenters. The number of carboxylic acids is 1. The lowest BCUT2D eigenvalue weighted by Gasteiger charge is -2.21. The molecule has 1 aromatic rings. The Kier molecular flexibility index (Phi) is 2.51. The standard InChI is InChI=1S/C11H14O3/c1-11(2,3)7-4-5-9(12)8(6-7)10(13)14/h4-6,12H,1-3H3,(H,13,14)/p-1. The van der Waals surface area contributed by atoms with Gasteiger partial charge in [0, 0.05) is 0 Å². The molecule has 0 aromatic heterocycles. The summed E-state index contributed by atoms with van der Waals surface area (Å²) in [5.74, 6) is -1.60. The zero-order chi connectivity index (χ0) is 10.9. The minimum atomic E-state index is -1.17. The maximum Gasteiger partial charge on any atom is 0.335 e. The summed E-state index contributed by atoms with van der Waals surface area (Å²) in [6.45, 7) is 5.91. The Morgan fingerprint density at radius 2 is 1.93 bits per heavy atom. The van der Waals surface area contributed by atoms with Crippen molar-refractivity contribution in [1.82, 2.24) is 0 Å². The molecule has 0 aliphatic rings. The first-order valence-corrected chi connectivity index (χ1v) is 4.37. The van der Waals surface area contributed by atoms with E-state index in [1.54, 1.807) is 6.07 Å². The molecule has 0 saturated carbocycles. The summed E-state index contributed by atoms with van der Waals surface area (Å²) in [5.41, 5.74) is 0.560. The van der Waals surface area contributed by atoms with E-state index in [0.29, 0.717) is 0 Å². The molecule has 0 aliphatic carbocycles. The Bertz CT molecular complexity index is 361. The van der Waals surface area contributed by atoms with E-state index in [4.69, 9.17) is 5.11 Å². The highest BCUT2D eigenvalue weighted by Gasteiger charge is 2.15. The molecule has 3 nitrogen and oxygen atoms in total. The van der Waals surface area contributed by atoms with Crippen LogP contribution in [0, 0.1) is 0 Å². The molecule has 0 aliphatic heterocycles. The van der Waals surface area contributed by atoms with Gasteiger partial charge in [0.05, 0.1) is 5.56 Å². The van der Waals surface area contributed by atoms with Crippen molar-refractivity contribution in [2.75, 3.05) is 0 Å². The second-order valence-electron chi connectivity index (χ2n) is 4.27. The molecule has 0 spiro atoms. The monoisotopic (exact) mass is 193 g/mol. The number of hydrogen-bond acceptors (Lipinski definition) is 2. The lowest BCUT2D eigenvalue weighted by molar-refractivity contribution is -0.268. The summed E-state index contributed by atoms with van der Waals surface area (Å²) in [4.78, 5) is 10.7. The van der Waals surface area contributed by atoms with Crippen molar-refractivity contribution in [2.24, 2.45) is 0 Å². The average Bonchev–Trinajstić information content (AvgIpc) is 2.02. The minimum absolute atomic E-state index is 0.141. The van der Waals surface area contributed by atoms with Crippen molar-refractivity contribution in [3.8, 4) is 5.75 Å². The van der Waals surface area contributed by atoms with Crippen LogP contribution in [0.15, 0.2) is 18.2 Å². The van der Waals surface area contributed by atoms with Crippen LogP contribution in [0.2, 0.25) is 0 Å². The Hall–Kier alpha value is -1.51. The van der Waals surface area contributed by atoms with E-state index in [2.05, 4.69) is 0 Å². The predicted octanol–water partition coefficient (Wildman–Crippen LogP) is 1.76. The zero-order valence-corrected chi connectivity index (χ0v) is 8.50. The second-order valence-corrected chi connectivity index (χ2v) is 4.27. The Morgan fingerprint density at radius 3 is 2.36 bits per heavy atom. The third kappa shape index (κ3) is 2.05. The first-order valence-electron chi connectivity index (χ1n) is 4.37. The number of benzene rings is 1. The third-order valence-corrected chi connectivity index (χ3v) is 2.08. The van der Waals surface area contributed by atoms with Crippen LogP contribution in [-0.2, 0) is 5.41 Å². The molecule has 3 heteroatoms. The van der Waals surface area contributed by atoms with Gasteiger partial charge in [0.2, 0.25) is 0 Å². The molecule has 1 aromatic carbocycles. The van der Waals surface area contributed by atoms with E-state index in [0.717, 1.165) is 5.56 Å². The van der Waals surface area contributed by atoms with Gasteiger partial charge < -0.3 is 10.2 Å². The normalized spacial score (nSPS) is 11.4. The SMILES string of the molecule is CC(C)(C)c1ccc([O-])c(C(=O)O)c1. The fourth-order valence-electron chi connectivity index (χ4n) is 1.16. The Balaban J connectivity index is 3.27. The van der Waals surface area contributed by atoms with Gasteiger partial charge >= 0.3 is 5.97 Å². The number of carboxylic acid groups (broad SMARTS) is 1. The van der Waals surface area contributed by atoms with Gasteiger partial charge in [0.25, 0.3) is 0 Å². The van der Waals surface area contributed by atoms with Crippen LogP contribution in [0.3, 0.4) is 0 Å². The fraction of sp³-hybridized carbons (Fsp3) is 0.364. The summed E-state index contributed by atoms with van der Waals surface area (Å²) in [5, 5.41) is 19.9. The van der Waals surface area contributed by atoms with Crippen LogP contribution in [0.5, 0.6) is 5.75 Å². The smallest absolute Gasteiger partial charge is 0.335 e. The highest BCUT2D eigenvalue weighted by atomic mass is 16.4. The van der Waals surface area contributed by atoms with Gasteiger partial charge in [0.15, 0.2) is 0 Å². The van der Waals surface area contributed by atoms with Crippen LogP contribution in [-0.4, -0.2) is 11.1 Å². The molecule has 0 heterocycles. The van der Waals surface area contributed by atoms with E-state index >= 15 is 0 Å². The van der Waals surface area contributed by atoms with Gasteiger partial charge in [-0.1, -0.05) is 38.7 Å². The quantitative estimate of drug-likeness (QED) is 0.739. The summed E-state index contributed by atoms with van der Waals surface area (Å²) in [6.07, 6.45) is 0. The van der Waals surface area contributed by atoms with Crippen LogP contribution in [0.25, 0.3) is 0 Å². The van der Waals surface area contributed by atoms with Crippen LogP contribution >= 0.6 is 0 Å². The molecule has 0 bridgehead atoms. The molecule has 0 radical (unpaired) electrons. The van der Waals surface area contributed by atoms with Crippen LogP contribution in [0.4, 0.5) is 0 Å². The summed E-state index contributed by atoms with van der Waals surface area (Å²) in [6, 6.07) is 4.43. The average molecular weight is 193 g/mol. The third-order valence-electron chi connectivity index (χ3n) is 2.08. The first kappa shape index (κ1) is 10.6. The number of carbonyl (C=O) groups is 1. The first-order chi connectivity index (χ1) is 6.32. The van der Waals surface area contributed by atoms with Crippen LogP contribution in [0.1, 0.15) is 36.7 Å². The predicted molar refractivity (Wildman–Crippen MR) is 51.5 cm³/mol. The topological polar surface area (TPSA) is 60.4 Å². The number of aromatic carboxylic acids is 1. The maximum absolute atomic E-state index is 11.2. The highest BCUT2D eigenvalue weighted by molar-refractivity contribution is 5.90. The zero-order valence-electron chi connectivity index (χ0n) is 8.50. The Morgan fingerprint density at radius 1 is 1.36 bits per heavy atom. The van der Waals surface area contributed by atoms with Gasteiger partial charge in [-0.05, 0) is 17.0 Å². The van der Waals surface area contributed by atoms with E-state index in [1.165, 1.54) is 12.1 Å². The molecule has 76 valence electrons. The van der Waals surface area contributed by atoms with Crippen LogP contribution < -0.4 is 5.11 Å². The fourth-order valence-corrected chi connectivity index (χ4v) is 1.16. The molecule has 1 N–H and O–H groups in total. The van der Waals surface area contributed by atoms with Gasteiger partial charge in [0.1, 0.15) is 0 Å². The van der Waals surface area contributed by atoms with E-state index in [9.17, 15) is 9.90 Å². The van der Waals surface area contributed by atoms with Crippen molar-refractivity contribution < 1.29 is 15.0 Å². The van der Waals surface area contributed by atoms with Crippen molar-refractivity contribution in [3.63, 3.8) is 0 Å². The molecule has 1 rings (SSSR count). The van der Waals surface area contributed by atoms with E-state index in [-0.39, 0.29) is 11.0 Å². The minimum Gasteiger partial charge on any atom is -0.872 e. The lowest BCUT2D eigenvalue weighted by Crippen LogP contribution is -2.13. The van der Waals surface area contributed by atoms with Gasteiger partial charge in [-0.25, -0.2) is 4.79 Å². The number of rotatable bonds is 1. The summed E-state index contributed by atoms with van der Waals surface area (Å²) >= 11 is 0. The van der Waals surface area contributed by atoms with Gasteiger partial charge in [-0.3, -0.25) is 0 Å². The summed E-state index contributed by atoms with van der Waals surface area (Å²) in [7, 11) is 0. The molecular formula is C11H13O3-. The van der Waals surface area contributed by atoms with Crippen molar-refractivity contribution in [3.05, 3.63) is 29.3 Å². The van der Waals surface area contributed by atoms with Gasteiger partial charge in [-0.2, -0.15) is 0 Å². The highest BCUT2D eigenvalue weighted by Crippen LogP contribution is 2.26. The Labute approximate surface area is 83.0 Å². The molecule has 14 heavy (non-hydrogen) atoms. The van der Waals surface area contributed by atoms with Crippen molar-refractivity contribution in [2.45, 2.75) is 26.2 Å². The molecular weight excluding hydrogens is 180 g/mol. The van der Waals surface area contributed by atoms with E-state index in [1.807, 2.05) is 20.8 Å². The van der Waals surface area contributed by atoms with Gasteiger partial charge in [-0.15, -0.1) is 0 Å².